The van der Waals surface area contributed by atoms with Crippen LogP contribution in [-0.4, -0.2) is 27.8 Å². The number of hydrogen-bond acceptors (Lipinski definition) is 6. The minimum atomic E-state index is 0. The maximum atomic E-state index is 6.57. The Bertz CT molecular complexity index is 2010. The Hall–Kier alpha value is -4.46. The fourth-order valence-electron chi connectivity index (χ4n) is 4.51. The molecule has 0 saturated carbocycles. The van der Waals surface area contributed by atoms with Crippen LogP contribution in [0.4, 0.5) is 5.69 Å². The minimum Gasteiger partial charge on any atom is -0.669 e. The molecular formula is C40H27N4O2Pt2S-3. The van der Waals surface area contributed by atoms with Gasteiger partial charge >= 0.3 is 21.1 Å². The summed E-state index contributed by atoms with van der Waals surface area (Å²) in [5.41, 5.74) is 4.14. The summed E-state index contributed by atoms with van der Waals surface area (Å²) in [5, 5.41) is 0. The van der Waals surface area contributed by atoms with Gasteiger partial charge in [-0.15, -0.1) is 65.8 Å². The zero-order chi connectivity index (χ0) is 32.4. The molecule has 2 aromatic heterocycles. The van der Waals surface area contributed by atoms with Crippen molar-refractivity contribution in [1.29, 1.82) is 0 Å². The van der Waals surface area contributed by atoms with Gasteiger partial charge in [0.25, 0.3) is 0 Å². The van der Waals surface area contributed by atoms with Gasteiger partial charge in [0, 0.05) is 56.5 Å². The van der Waals surface area contributed by atoms with Crippen LogP contribution in [0.5, 0.6) is 23.0 Å². The summed E-state index contributed by atoms with van der Waals surface area (Å²) >= 11 is 1.65. The molecule has 0 N–H and O–H groups in total. The van der Waals surface area contributed by atoms with Crippen molar-refractivity contribution >= 4 is 17.4 Å². The summed E-state index contributed by atoms with van der Waals surface area (Å²) < 4.78 is 13.7. The quantitative estimate of drug-likeness (QED) is 0.0863. The topological polar surface area (TPSA) is 42.8 Å². The van der Waals surface area contributed by atoms with Crippen molar-refractivity contribution in [1.82, 2.24) is 14.5 Å². The first-order chi connectivity index (χ1) is 23.1. The van der Waals surface area contributed by atoms with Crippen molar-refractivity contribution in [3.63, 3.8) is 0 Å². The number of pyridine rings is 1. The molecule has 49 heavy (non-hydrogen) atoms. The third-order valence-corrected chi connectivity index (χ3v) is 7.46. The molecule has 0 radical (unpaired) electrons. The molecule has 7 rings (SSSR count). The van der Waals surface area contributed by atoms with Crippen molar-refractivity contribution in [3.05, 3.63) is 165 Å². The molecule has 0 amide bonds. The van der Waals surface area contributed by atoms with Gasteiger partial charge in [0.15, 0.2) is 0 Å². The molecule has 1 aliphatic rings. The third-order valence-electron chi connectivity index (χ3n) is 6.75. The summed E-state index contributed by atoms with van der Waals surface area (Å²) in [5.74, 6) is 2.43. The standard InChI is InChI=1S/C34H23N3O2S.C6H4N.2Pt/c1-36-16-17-37(24-36)28-21-32(23-33(22-28)40-2)39-31-13-7-9-27(19-31)34-20-26(14-15-35-34)25-8-6-12-30(18-25)38-29-10-4-3-5-11-29;1-2-7-5-3-4-6-7;;/h3-10,12-13,15-17,20,22-24H,1-2H3;3-6H;;/q-6;-1;;+4. The predicted octanol–water partition coefficient (Wildman–Crippen LogP) is 8.94. The van der Waals surface area contributed by atoms with Crippen molar-refractivity contribution in [3.8, 4) is 51.4 Å². The molecule has 9 heteroatoms. The first-order valence-electron chi connectivity index (χ1n) is 14.5. The normalized spacial score (nSPS) is 11.4. The molecular weight excluding hydrogens is 991 g/mol. The van der Waals surface area contributed by atoms with E-state index in [1.54, 1.807) is 34.9 Å². The van der Waals surface area contributed by atoms with E-state index >= 15 is 0 Å². The molecule has 6 aromatic rings. The maximum absolute atomic E-state index is 6.57. The first kappa shape index (κ1) is 37.4. The van der Waals surface area contributed by atoms with Gasteiger partial charge in [0.1, 0.15) is 0 Å². The van der Waals surface area contributed by atoms with E-state index in [-0.39, 0.29) is 42.1 Å². The summed E-state index contributed by atoms with van der Waals surface area (Å²) in [7, 11) is 1.99. The van der Waals surface area contributed by atoms with Crippen molar-refractivity contribution in [2.75, 3.05) is 18.2 Å². The SMILES string of the molecule is CSc1cc(Oc2[c-]c(-c3cc(-c4[c-]c(Oc5[c-]cccc5)ccc4)[c-]cn3)ccc2)[c-]c(N2C=CN(C)[CH-]2)c1.[C-]#Cn1cccc1.[Pt+4].[Pt]. The van der Waals surface area contributed by atoms with Gasteiger partial charge in [-0.25, -0.2) is 24.2 Å². The minimum absolute atomic E-state index is 0. The summed E-state index contributed by atoms with van der Waals surface area (Å²) in [6.45, 7) is 1.99. The number of aromatic nitrogens is 2. The average Bonchev–Trinajstić information content (AvgIpc) is 3.81. The van der Waals surface area contributed by atoms with Crippen LogP contribution in [0.2, 0.25) is 0 Å². The molecule has 0 unspecified atom stereocenters. The first-order valence-corrected chi connectivity index (χ1v) is 15.7. The van der Waals surface area contributed by atoms with Gasteiger partial charge in [0.2, 0.25) is 0 Å². The van der Waals surface area contributed by atoms with Crippen LogP contribution in [0.25, 0.3) is 22.4 Å². The smallest absolute Gasteiger partial charge is 0.669 e. The number of benzene rings is 4. The molecule has 1 aliphatic heterocycles. The van der Waals surface area contributed by atoms with E-state index in [1.807, 2.05) is 127 Å². The van der Waals surface area contributed by atoms with Crippen LogP contribution in [0.1, 0.15) is 0 Å². The number of thioether (sulfide) groups is 1. The van der Waals surface area contributed by atoms with Gasteiger partial charge in [-0.05, 0) is 37.8 Å². The van der Waals surface area contributed by atoms with Gasteiger partial charge in [-0.3, -0.25) is 11.1 Å². The third kappa shape index (κ3) is 10.3. The van der Waals surface area contributed by atoms with Crippen molar-refractivity contribution in [2.45, 2.75) is 4.90 Å². The van der Waals surface area contributed by atoms with Crippen molar-refractivity contribution in [2.24, 2.45) is 0 Å². The monoisotopic (exact) mass is 1020 g/mol. The number of para-hydroxylation sites is 1. The van der Waals surface area contributed by atoms with Gasteiger partial charge in [0.05, 0.1) is 0 Å². The van der Waals surface area contributed by atoms with Crippen LogP contribution < -0.4 is 14.4 Å². The Morgan fingerprint density at radius 2 is 1.49 bits per heavy atom. The second kappa shape index (κ2) is 18.3. The molecule has 0 fully saturated rings. The zero-order valence-electron chi connectivity index (χ0n) is 26.3. The van der Waals surface area contributed by atoms with Crippen LogP contribution in [0.15, 0.2) is 127 Å². The van der Waals surface area contributed by atoms with Gasteiger partial charge in [-0.2, -0.15) is 48.8 Å². The van der Waals surface area contributed by atoms with E-state index in [2.05, 4.69) is 47.4 Å². The predicted molar refractivity (Wildman–Crippen MR) is 185 cm³/mol. The largest absolute Gasteiger partial charge is 4.00 e. The second-order valence-corrected chi connectivity index (χ2v) is 11.0. The summed E-state index contributed by atoms with van der Waals surface area (Å²) in [6.07, 6.45) is 17.8. The molecule has 248 valence electrons. The van der Waals surface area contributed by atoms with E-state index in [4.69, 9.17) is 15.9 Å². The number of rotatable bonds is 8. The Labute approximate surface area is 321 Å². The Kier molecular flexibility index (Phi) is 14.0. The van der Waals surface area contributed by atoms with Crippen LogP contribution in [-0.2, 0) is 42.1 Å². The molecule has 0 atom stereocenters. The van der Waals surface area contributed by atoms with E-state index in [0.29, 0.717) is 23.0 Å². The summed E-state index contributed by atoms with van der Waals surface area (Å²) in [4.78, 5) is 9.62. The number of ether oxygens (including phenoxy) is 2. The van der Waals surface area contributed by atoms with E-state index in [0.717, 1.165) is 33.0 Å². The molecule has 0 saturated heterocycles. The fraction of sp³-hybridized carbons (Fsp3) is 0.0500. The van der Waals surface area contributed by atoms with Crippen LogP contribution >= 0.6 is 11.8 Å². The molecule has 3 heterocycles. The number of anilines is 1. The maximum Gasteiger partial charge on any atom is 4.00 e. The van der Waals surface area contributed by atoms with Crippen molar-refractivity contribution < 1.29 is 51.6 Å². The number of hydrogen-bond donors (Lipinski definition) is 0. The van der Waals surface area contributed by atoms with E-state index in [1.165, 1.54) is 0 Å². The van der Waals surface area contributed by atoms with Crippen LogP contribution in [0.3, 0.4) is 0 Å². The molecule has 6 nitrogen and oxygen atoms in total. The summed E-state index contributed by atoms with van der Waals surface area (Å²) in [6, 6.07) is 47.2. The van der Waals surface area contributed by atoms with Gasteiger partial charge in [-0.1, -0.05) is 22.9 Å². The zero-order valence-corrected chi connectivity index (χ0v) is 31.6. The molecule has 0 spiro atoms. The van der Waals surface area contributed by atoms with Gasteiger partial charge < -0.3 is 35.2 Å². The molecule has 0 bridgehead atoms. The molecule has 0 aliphatic carbocycles. The Morgan fingerprint density at radius 1 is 0.776 bits per heavy atom. The average molecular weight is 1020 g/mol. The van der Waals surface area contributed by atoms with Crippen LogP contribution in [0, 0.1) is 49.5 Å². The fourth-order valence-corrected chi connectivity index (χ4v) is 4.96. The Morgan fingerprint density at radius 3 is 2.14 bits per heavy atom. The number of nitrogens with zero attached hydrogens (tertiary/aromatic N) is 4. The molecule has 4 aromatic carbocycles. The van der Waals surface area contributed by atoms with E-state index in [9.17, 15) is 0 Å². The second-order valence-electron chi connectivity index (χ2n) is 10.1. The van der Waals surface area contributed by atoms with E-state index < -0.39 is 0 Å². The Balaban J connectivity index is 0.000000537.